The number of carboxylic acids is 1. The molecule has 0 spiro atoms. The second kappa shape index (κ2) is 6.78. The minimum atomic E-state index is -1.25. The van der Waals surface area contributed by atoms with Crippen molar-refractivity contribution in [1.82, 2.24) is 14.8 Å². The Labute approximate surface area is 150 Å². The van der Waals surface area contributed by atoms with Crippen molar-refractivity contribution in [2.45, 2.75) is 51.5 Å². The van der Waals surface area contributed by atoms with Gasteiger partial charge >= 0.3 is 5.97 Å². The molecule has 1 amide bonds. The number of aliphatic carboxylic acids is 1. The van der Waals surface area contributed by atoms with E-state index in [-0.39, 0.29) is 5.56 Å². The molecule has 0 aliphatic heterocycles. The van der Waals surface area contributed by atoms with Crippen LogP contribution in [0.15, 0.2) is 23.3 Å². The lowest BCUT2D eigenvalue weighted by Gasteiger charge is -2.19. The largest absolute Gasteiger partial charge is 0.479 e. The highest BCUT2D eigenvalue weighted by atomic mass is 16.4. The first-order chi connectivity index (χ1) is 12.3. The molecule has 3 rings (SSSR count). The number of nitrogens with one attached hydrogen (secondary N) is 2. The Morgan fingerprint density at radius 2 is 2.00 bits per heavy atom. The summed E-state index contributed by atoms with van der Waals surface area (Å²) in [5.74, 6) is -1.58. The molecule has 8 nitrogen and oxygen atoms in total. The highest BCUT2D eigenvalue weighted by molar-refractivity contribution is 6.04. The second-order valence-corrected chi connectivity index (χ2v) is 7.07. The number of pyridine rings is 1. The Kier molecular flexibility index (Phi) is 4.67. The molecule has 2 aromatic heterocycles. The van der Waals surface area contributed by atoms with E-state index in [1.54, 1.807) is 6.07 Å². The maximum atomic E-state index is 12.5. The number of hydrogen-bond acceptors (Lipinski definition) is 4. The van der Waals surface area contributed by atoms with E-state index in [0.717, 1.165) is 43.4 Å². The van der Waals surface area contributed by atoms with Gasteiger partial charge in [-0.05, 0) is 51.2 Å². The number of nitrogens with zero attached hydrogens (tertiary/aromatic N) is 2. The summed E-state index contributed by atoms with van der Waals surface area (Å²) in [5.41, 5.74) is 0.649. The van der Waals surface area contributed by atoms with Crippen LogP contribution < -0.4 is 10.9 Å². The SMILES string of the molecule is CC(C)(C(=O)O)n1cc(NC(=O)c2cc3c([nH]c2=O)CCCCC3)cn1. The van der Waals surface area contributed by atoms with E-state index >= 15 is 0 Å². The van der Waals surface area contributed by atoms with Crippen LogP contribution in [0.4, 0.5) is 5.69 Å². The molecule has 0 atom stereocenters. The van der Waals surface area contributed by atoms with Gasteiger partial charge in [-0.25, -0.2) is 4.79 Å². The van der Waals surface area contributed by atoms with Crippen LogP contribution in [0.3, 0.4) is 0 Å². The molecule has 0 unspecified atom stereocenters. The van der Waals surface area contributed by atoms with E-state index in [1.807, 2.05) is 0 Å². The fraction of sp³-hybridized carbons (Fsp3) is 0.444. The molecule has 138 valence electrons. The molecular formula is C18H22N4O4. The molecule has 26 heavy (non-hydrogen) atoms. The molecule has 1 aliphatic rings. The molecule has 2 heterocycles. The lowest BCUT2D eigenvalue weighted by molar-refractivity contribution is -0.146. The summed E-state index contributed by atoms with van der Waals surface area (Å²) in [7, 11) is 0. The smallest absolute Gasteiger partial charge is 0.331 e. The molecule has 1 aliphatic carbocycles. The van der Waals surface area contributed by atoms with Crippen molar-refractivity contribution >= 4 is 17.6 Å². The molecule has 0 saturated carbocycles. The minimum Gasteiger partial charge on any atom is -0.479 e. The normalized spacial score (nSPS) is 14.4. The summed E-state index contributed by atoms with van der Waals surface area (Å²) in [6, 6.07) is 1.67. The number of carbonyl (C=O) groups is 2. The number of H-pyrrole nitrogens is 1. The molecule has 0 radical (unpaired) electrons. The zero-order valence-corrected chi connectivity index (χ0v) is 14.8. The van der Waals surface area contributed by atoms with E-state index in [0.29, 0.717) is 5.69 Å². The predicted octanol–water partition coefficient (Wildman–Crippen LogP) is 1.91. The summed E-state index contributed by atoms with van der Waals surface area (Å²) >= 11 is 0. The standard InChI is InChI=1S/C18H22N4O4/c1-18(2,17(25)26)22-10-12(9-19-22)20-15(23)13-8-11-6-4-3-5-7-14(11)21-16(13)24/h8-10H,3-7H2,1-2H3,(H,20,23)(H,21,24)(H,25,26). The molecule has 3 N–H and O–H groups in total. The maximum absolute atomic E-state index is 12.5. The second-order valence-electron chi connectivity index (χ2n) is 7.07. The van der Waals surface area contributed by atoms with Crippen molar-refractivity contribution in [2.75, 3.05) is 5.32 Å². The van der Waals surface area contributed by atoms with Gasteiger partial charge in [-0.15, -0.1) is 0 Å². The van der Waals surface area contributed by atoms with Crippen LogP contribution >= 0.6 is 0 Å². The zero-order chi connectivity index (χ0) is 18.9. The van der Waals surface area contributed by atoms with Crippen molar-refractivity contribution in [3.8, 4) is 0 Å². The van der Waals surface area contributed by atoms with Gasteiger partial charge < -0.3 is 15.4 Å². The Morgan fingerprint density at radius 3 is 2.73 bits per heavy atom. The quantitative estimate of drug-likeness (QED) is 0.722. The lowest BCUT2D eigenvalue weighted by Crippen LogP contribution is -2.35. The van der Waals surface area contributed by atoms with E-state index in [1.165, 1.54) is 30.9 Å². The first-order valence-corrected chi connectivity index (χ1v) is 8.64. The Morgan fingerprint density at radius 1 is 1.27 bits per heavy atom. The number of aromatic nitrogens is 3. The number of rotatable bonds is 4. The van der Waals surface area contributed by atoms with Crippen LogP contribution in [0, 0.1) is 0 Å². The number of amides is 1. The number of aromatic amines is 1. The Balaban J connectivity index is 1.83. The Bertz CT molecular complexity index is 910. The molecule has 0 aromatic carbocycles. The number of carbonyl (C=O) groups excluding carboxylic acids is 1. The van der Waals surface area contributed by atoms with Crippen molar-refractivity contribution in [3.05, 3.63) is 45.6 Å². The first kappa shape index (κ1) is 17.9. The highest BCUT2D eigenvalue weighted by Gasteiger charge is 2.30. The van der Waals surface area contributed by atoms with Crippen LogP contribution in [-0.2, 0) is 23.2 Å². The van der Waals surface area contributed by atoms with Crippen molar-refractivity contribution in [2.24, 2.45) is 0 Å². The third-order valence-electron chi connectivity index (χ3n) is 4.77. The third-order valence-corrected chi connectivity index (χ3v) is 4.77. The van der Waals surface area contributed by atoms with Crippen LogP contribution in [0.25, 0.3) is 0 Å². The third kappa shape index (κ3) is 3.40. The molecule has 0 saturated heterocycles. The van der Waals surface area contributed by atoms with Gasteiger partial charge in [0.2, 0.25) is 0 Å². The van der Waals surface area contributed by atoms with Gasteiger partial charge in [0.25, 0.3) is 11.5 Å². The predicted molar refractivity (Wildman–Crippen MR) is 95.5 cm³/mol. The highest BCUT2D eigenvalue weighted by Crippen LogP contribution is 2.20. The first-order valence-electron chi connectivity index (χ1n) is 8.64. The molecule has 8 heteroatoms. The molecular weight excluding hydrogens is 336 g/mol. The van der Waals surface area contributed by atoms with E-state index < -0.39 is 23.0 Å². The number of fused-ring (bicyclic) bond motifs is 1. The van der Waals surface area contributed by atoms with Crippen molar-refractivity contribution in [3.63, 3.8) is 0 Å². The van der Waals surface area contributed by atoms with Gasteiger partial charge in [0.1, 0.15) is 5.56 Å². The summed E-state index contributed by atoms with van der Waals surface area (Å²) in [6.07, 6.45) is 7.64. The average molecular weight is 358 g/mol. The maximum Gasteiger partial charge on any atom is 0.331 e. The Hall–Kier alpha value is -2.90. The fourth-order valence-corrected chi connectivity index (χ4v) is 3.01. The average Bonchev–Trinajstić information content (AvgIpc) is 2.93. The van der Waals surface area contributed by atoms with Gasteiger partial charge in [-0.1, -0.05) is 6.42 Å². The molecule has 0 bridgehead atoms. The van der Waals surface area contributed by atoms with Gasteiger partial charge in [-0.3, -0.25) is 14.3 Å². The van der Waals surface area contributed by atoms with Gasteiger partial charge in [0.05, 0.1) is 11.9 Å². The minimum absolute atomic E-state index is 0.0518. The van der Waals surface area contributed by atoms with Crippen molar-refractivity contribution < 1.29 is 14.7 Å². The summed E-state index contributed by atoms with van der Waals surface area (Å²) in [6.45, 7) is 3.01. The molecule has 0 fully saturated rings. The van der Waals surface area contributed by atoms with E-state index in [9.17, 15) is 19.5 Å². The zero-order valence-electron chi connectivity index (χ0n) is 14.8. The summed E-state index contributed by atoms with van der Waals surface area (Å²) in [5, 5.41) is 15.9. The van der Waals surface area contributed by atoms with Gasteiger partial charge in [0.15, 0.2) is 5.54 Å². The van der Waals surface area contributed by atoms with E-state index in [2.05, 4.69) is 15.4 Å². The fourth-order valence-electron chi connectivity index (χ4n) is 3.01. The summed E-state index contributed by atoms with van der Waals surface area (Å²) in [4.78, 5) is 38.9. The molecule has 2 aromatic rings. The number of anilines is 1. The topological polar surface area (TPSA) is 117 Å². The van der Waals surface area contributed by atoms with Crippen LogP contribution in [0.5, 0.6) is 0 Å². The van der Waals surface area contributed by atoms with Crippen LogP contribution in [0.1, 0.15) is 54.7 Å². The van der Waals surface area contributed by atoms with Gasteiger partial charge in [-0.2, -0.15) is 5.10 Å². The number of hydrogen-bond donors (Lipinski definition) is 3. The van der Waals surface area contributed by atoms with Crippen molar-refractivity contribution in [1.29, 1.82) is 0 Å². The van der Waals surface area contributed by atoms with Gasteiger partial charge in [0, 0.05) is 11.9 Å². The number of aryl methyl sites for hydroxylation is 2. The lowest BCUT2D eigenvalue weighted by atomic mass is 10.1. The monoisotopic (exact) mass is 358 g/mol. The summed E-state index contributed by atoms with van der Waals surface area (Å²) < 4.78 is 1.26. The van der Waals surface area contributed by atoms with Crippen LogP contribution in [-0.4, -0.2) is 31.7 Å². The van der Waals surface area contributed by atoms with Crippen LogP contribution in [0.2, 0.25) is 0 Å². The number of carboxylic acid groups (broad SMARTS) is 1. The van der Waals surface area contributed by atoms with E-state index in [4.69, 9.17) is 0 Å².